The van der Waals surface area contributed by atoms with Crippen molar-refractivity contribution in [2.45, 2.75) is 31.6 Å². The van der Waals surface area contributed by atoms with Crippen LogP contribution in [0.3, 0.4) is 0 Å². The maximum atomic E-state index is 12.5. The van der Waals surface area contributed by atoms with E-state index in [0.717, 1.165) is 23.7 Å². The fourth-order valence-corrected chi connectivity index (χ4v) is 1.97. The summed E-state index contributed by atoms with van der Waals surface area (Å²) in [4.78, 5) is 7.34. The molecular formula is C14H14F3N3. The maximum Gasteiger partial charge on any atom is 0.416 e. The van der Waals surface area contributed by atoms with Crippen LogP contribution in [0.2, 0.25) is 0 Å². The summed E-state index contributed by atoms with van der Waals surface area (Å²) in [5.41, 5.74) is 0.783. The van der Waals surface area contributed by atoms with Gasteiger partial charge in [0.1, 0.15) is 5.82 Å². The molecule has 0 aliphatic heterocycles. The lowest BCUT2D eigenvalue weighted by Gasteiger charge is -2.06. The number of hydrogen-bond acceptors (Lipinski definition) is 2. The molecule has 1 aromatic heterocycles. The number of benzene rings is 1. The first-order chi connectivity index (χ1) is 9.52. The smallest absolute Gasteiger partial charge is 0.341 e. The van der Waals surface area contributed by atoms with Crippen LogP contribution in [-0.4, -0.2) is 16.0 Å². The lowest BCUT2D eigenvalue weighted by Crippen LogP contribution is -2.16. The number of nitrogens with one attached hydrogen (secondary N) is 2. The molecule has 0 bridgehead atoms. The molecule has 2 aromatic rings. The first kappa shape index (κ1) is 13.2. The zero-order chi connectivity index (χ0) is 14.2. The zero-order valence-corrected chi connectivity index (χ0v) is 10.7. The van der Waals surface area contributed by atoms with E-state index in [9.17, 15) is 13.2 Å². The van der Waals surface area contributed by atoms with Crippen LogP contribution in [0.4, 0.5) is 13.2 Å². The normalized spacial score (nSPS) is 15.6. The van der Waals surface area contributed by atoms with Crippen molar-refractivity contribution in [3.63, 3.8) is 0 Å². The van der Waals surface area contributed by atoms with Crippen molar-refractivity contribution in [2.24, 2.45) is 0 Å². The van der Waals surface area contributed by atoms with Crippen molar-refractivity contribution in [1.29, 1.82) is 0 Å². The van der Waals surface area contributed by atoms with Gasteiger partial charge in [-0.15, -0.1) is 0 Å². The van der Waals surface area contributed by atoms with Gasteiger partial charge in [0.05, 0.1) is 24.0 Å². The second kappa shape index (κ2) is 4.94. The van der Waals surface area contributed by atoms with Crippen LogP contribution >= 0.6 is 0 Å². The number of rotatable bonds is 4. The van der Waals surface area contributed by atoms with Crippen LogP contribution in [0.15, 0.2) is 30.5 Å². The summed E-state index contributed by atoms with van der Waals surface area (Å²) in [6.07, 6.45) is -0.253. The molecule has 1 aromatic carbocycles. The molecule has 3 rings (SSSR count). The third-order valence-corrected chi connectivity index (χ3v) is 3.29. The predicted molar refractivity (Wildman–Crippen MR) is 68.9 cm³/mol. The fourth-order valence-electron chi connectivity index (χ4n) is 1.97. The average Bonchev–Trinajstić information content (AvgIpc) is 3.13. The predicted octanol–water partition coefficient (Wildman–Crippen LogP) is 3.35. The second-order valence-electron chi connectivity index (χ2n) is 4.97. The van der Waals surface area contributed by atoms with Gasteiger partial charge in [-0.3, -0.25) is 0 Å². The summed E-state index contributed by atoms with van der Waals surface area (Å²) in [7, 11) is 0. The minimum absolute atomic E-state index is 0.592. The molecule has 0 amide bonds. The Hall–Kier alpha value is -1.82. The van der Waals surface area contributed by atoms with Crippen LogP contribution in [0.1, 0.15) is 24.2 Å². The van der Waals surface area contributed by atoms with Gasteiger partial charge in [0.15, 0.2) is 0 Å². The lowest BCUT2D eigenvalue weighted by molar-refractivity contribution is -0.137. The molecule has 20 heavy (non-hydrogen) atoms. The van der Waals surface area contributed by atoms with Crippen LogP contribution in [0.25, 0.3) is 11.3 Å². The first-order valence-corrected chi connectivity index (χ1v) is 6.47. The van der Waals surface area contributed by atoms with E-state index in [-0.39, 0.29) is 0 Å². The molecule has 0 unspecified atom stereocenters. The van der Waals surface area contributed by atoms with Crippen molar-refractivity contribution in [1.82, 2.24) is 15.3 Å². The van der Waals surface area contributed by atoms with E-state index in [4.69, 9.17) is 0 Å². The molecule has 0 radical (unpaired) electrons. The molecule has 106 valence electrons. The van der Waals surface area contributed by atoms with Crippen LogP contribution in [-0.2, 0) is 12.7 Å². The molecule has 3 nitrogen and oxygen atoms in total. The molecule has 1 heterocycles. The minimum Gasteiger partial charge on any atom is -0.341 e. The highest BCUT2D eigenvalue weighted by molar-refractivity contribution is 5.58. The number of nitrogens with zero attached hydrogens (tertiary/aromatic N) is 1. The van der Waals surface area contributed by atoms with Gasteiger partial charge < -0.3 is 10.3 Å². The third kappa shape index (κ3) is 3.01. The SMILES string of the molecule is FC(F)(F)c1ccc(-c2cnc(CNC3CC3)[nH]2)cc1. The summed E-state index contributed by atoms with van der Waals surface area (Å²) in [5.74, 6) is 0.798. The molecule has 1 aliphatic carbocycles. The van der Waals surface area contributed by atoms with Gasteiger partial charge in [-0.1, -0.05) is 12.1 Å². The Bertz CT molecular complexity index is 582. The molecule has 6 heteroatoms. The summed E-state index contributed by atoms with van der Waals surface area (Å²) in [6, 6.07) is 5.66. The summed E-state index contributed by atoms with van der Waals surface area (Å²) < 4.78 is 37.4. The quantitative estimate of drug-likeness (QED) is 0.902. The van der Waals surface area contributed by atoms with E-state index in [1.807, 2.05) is 0 Å². The molecule has 0 saturated heterocycles. The topological polar surface area (TPSA) is 40.7 Å². The van der Waals surface area contributed by atoms with E-state index in [2.05, 4.69) is 15.3 Å². The van der Waals surface area contributed by atoms with Crippen LogP contribution < -0.4 is 5.32 Å². The number of alkyl halides is 3. The van der Waals surface area contributed by atoms with E-state index < -0.39 is 11.7 Å². The molecule has 0 spiro atoms. The molecular weight excluding hydrogens is 267 g/mol. The Labute approximate surface area is 114 Å². The lowest BCUT2D eigenvalue weighted by atomic mass is 10.1. The van der Waals surface area contributed by atoms with Gasteiger partial charge in [0.25, 0.3) is 0 Å². The van der Waals surface area contributed by atoms with Crippen molar-refractivity contribution >= 4 is 0 Å². The molecule has 1 aliphatic rings. The highest BCUT2D eigenvalue weighted by atomic mass is 19.4. The Morgan fingerprint density at radius 1 is 1.20 bits per heavy atom. The number of imidazole rings is 1. The van der Waals surface area contributed by atoms with E-state index in [1.54, 1.807) is 6.20 Å². The van der Waals surface area contributed by atoms with Gasteiger partial charge in [-0.2, -0.15) is 13.2 Å². The van der Waals surface area contributed by atoms with E-state index in [0.29, 0.717) is 18.2 Å². The molecule has 1 fully saturated rings. The number of aromatic nitrogens is 2. The number of hydrogen-bond donors (Lipinski definition) is 2. The number of halogens is 3. The van der Waals surface area contributed by atoms with Gasteiger partial charge in [-0.25, -0.2) is 4.98 Å². The summed E-state index contributed by atoms with van der Waals surface area (Å²) in [6.45, 7) is 0.658. The molecule has 2 N–H and O–H groups in total. The third-order valence-electron chi connectivity index (χ3n) is 3.29. The second-order valence-corrected chi connectivity index (χ2v) is 4.97. The van der Waals surface area contributed by atoms with Crippen molar-refractivity contribution in [2.75, 3.05) is 0 Å². The van der Waals surface area contributed by atoms with Gasteiger partial charge in [0.2, 0.25) is 0 Å². The van der Waals surface area contributed by atoms with Crippen LogP contribution in [0.5, 0.6) is 0 Å². The highest BCUT2D eigenvalue weighted by Gasteiger charge is 2.30. The zero-order valence-electron chi connectivity index (χ0n) is 10.7. The van der Waals surface area contributed by atoms with E-state index in [1.165, 1.54) is 25.0 Å². The Balaban J connectivity index is 1.71. The van der Waals surface area contributed by atoms with Crippen molar-refractivity contribution in [3.8, 4) is 11.3 Å². The van der Waals surface area contributed by atoms with Crippen molar-refractivity contribution in [3.05, 3.63) is 41.9 Å². The highest BCUT2D eigenvalue weighted by Crippen LogP contribution is 2.30. The van der Waals surface area contributed by atoms with Gasteiger partial charge in [-0.05, 0) is 30.5 Å². The first-order valence-electron chi connectivity index (χ1n) is 6.47. The number of aromatic amines is 1. The van der Waals surface area contributed by atoms with Gasteiger partial charge in [0, 0.05) is 6.04 Å². The summed E-state index contributed by atoms with van der Waals surface area (Å²) in [5, 5.41) is 3.32. The standard InChI is InChI=1S/C14H14F3N3/c15-14(16,17)10-3-1-9(2-4-10)12-7-19-13(20-12)8-18-11-5-6-11/h1-4,7,11,18H,5-6,8H2,(H,19,20). The van der Waals surface area contributed by atoms with Crippen LogP contribution in [0, 0.1) is 0 Å². The summed E-state index contributed by atoms with van der Waals surface area (Å²) >= 11 is 0. The Morgan fingerprint density at radius 3 is 2.50 bits per heavy atom. The maximum absolute atomic E-state index is 12.5. The Kier molecular flexibility index (Phi) is 3.25. The number of H-pyrrole nitrogens is 1. The van der Waals surface area contributed by atoms with E-state index >= 15 is 0 Å². The Morgan fingerprint density at radius 2 is 1.90 bits per heavy atom. The van der Waals surface area contributed by atoms with Gasteiger partial charge >= 0.3 is 6.18 Å². The average molecular weight is 281 g/mol. The minimum atomic E-state index is -4.30. The van der Waals surface area contributed by atoms with Crippen molar-refractivity contribution < 1.29 is 13.2 Å². The molecule has 0 atom stereocenters. The monoisotopic (exact) mass is 281 g/mol. The molecule has 1 saturated carbocycles. The largest absolute Gasteiger partial charge is 0.416 e. The fraction of sp³-hybridized carbons (Fsp3) is 0.357.